The number of nitriles is 1. The lowest BCUT2D eigenvalue weighted by atomic mass is 10.3. The number of hydrogen-bond acceptors (Lipinski definition) is 6. The van der Waals surface area contributed by atoms with Crippen molar-refractivity contribution < 1.29 is 18.3 Å². The summed E-state index contributed by atoms with van der Waals surface area (Å²) < 4.78 is 26.7. The number of nitrogens with zero attached hydrogens (tertiary/aromatic N) is 2. The third-order valence-corrected chi connectivity index (χ3v) is 5.18. The maximum atomic E-state index is 12.2. The summed E-state index contributed by atoms with van der Waals surface area (Å²) in [6.07, 6.45) is 1.31. The average molecular weight is 323 g/mol. The molecule has 0 fully saturated rings. The van der Waals surface area contributed by atoms with E-state index >= 15 is 0 Å². The summed E-state index contributed by atoms with van der Waals surface area (Å²) in [7, 11) is -4.00. The monoisotopic (exact) mass is 323 g/mol. The number of thiophene rings is 1. The van der Waals surface area contributed by atoms with Crippen LogP contribution in [-0.2, 0) is 10.0 Å². The van der Waals surface area contributed by atoms with Gasteiger partial charge in [-0.3, -0.25) is 4.72 Å². The van der Waals surface area contributed by atoms with Gasteiger partial charge in [-0.05, 0) is 30.7 Å². The number of anilines is 1. The molecule has 7 nitrogen and oxygen atoms in total. The molecule has 0 aliphatic carbocycles. The highest BCUT2D eigenvalue weighted by atomic mass is 32.2. The van der Waals surface area contributed by atoms with Gasteiger partial charge in [0.2, 0.25) is 0 Å². The maximum Gasteiger partial charge on any atom is 0.346 e. The highest BCUT2D eigenvalue weighted by Crippen LogP contribution is 2.29. The van der Waals surface area contributed by atoms with Gasteiger partial charge in [-0.25, -0.2) is 18.2 Å². The molecule has 0 aromatic carbocycles. The number of hydrogen-bond donors (Lipinski definition) is 2. The molecule has 0 radical (unpaired) electrons. The number of pyridine rings is 1. The van der Waals surface area contributed by atoms with Crippen molar-refractivity contribution in [2.24, 2.45) is 0 Å². The third kappa shape index (κ3) is 3.01. The standard InChI is InChI=1S/C12H9N3O4S2/c1-7-5-10(20-11(7)12(16)17)15-21(18,19)9-3-2-4-14-8(9)6-13/h2-5,15H,1H3,(H,16,17). The van der Waals surface area contributed by atoms with Crippen molar-refractivity contribution in [3.05, 3.63) is 40.5 Å². The molecule has 2 aromatic heterocycles. The van der Waals surface area contributed by atoms with Gasteiger partial charge in [0.25, 0.3) is 10.0 Å². The molecule has 0 aliphatic rings. The van der Waals surface area contributed by atoms with E-state index in [1.54, 1.807) is 13.0 Å². The summed E-state index contributed by atoms with van der Waals surface area (Å²) in [4.78, 5) is 14.4. The maximum absolute atomic E-state index is 12.2. The minimum absolute atomic E-state index is 0.0550. The Morgan fingerprint density at radius 3 is 2.81 bits per heavy atom. The van der Waals surface area contributed by atoms with Crippen molar-refractivity contribution in [1.29, 1.82) is 5.26 Å². The Hall–Kier alpha value is -2.44. The number of rotatable bonds is 4. The van der Waals surface area contributed by atoms with Gasteiger partial charge in [0.15, 0.2) is 5.69 Å². The first-order chi connectivity index (χ1) is 9.85. The molecule has 2 rings (SSSR count). The first kappa shape index (κ1) is 15.0. The number of sulfonamides is 1. The Morgan fingerprint density at radius 2 is 2.24 bits per heavy atom. The van der Waals surface area contributed by atoms with E-state index in [0.29, 0.717) is 5.56 Å². The van der Waals surface area contributed by atoms with Gasteiger partial charge in [-0.1, -0.05) is 0 Å². The molecule has 2 aromatic rings. The van der Waals surface area contributed by atoms with Crippen LogP contribution in [0.15, 0.2) is 29.3 Å². The number of nitrogens with one attached hydrogen (secondary N) is 1. The van der Waals surface area contributed by atoms with E-state index < -0.39 is 16.0 Å². The van der Waals surface area contributed by atoms with Crippen LogP contribution >= 0.6 is 11.3 Å². The second-order valence-electron chi connectivity index (χ2n) is 4.00. The van der Waals surface area contributed by atoms with E-state index in [9.17, 15) is 13.2 Å². The predicted octanol–water partition coefficient (Wildman–Crippen LogP) is 1.82. The molecule has 108 valence electrons. The van der Waals surface area contributed by atoms with Crippen LogP contribution in [0, 0.1) is 18.3 Å². The third-order valence-electron chi connectivity index (χ3n) is 2.51. The second-order valence-corrected chi connectivity index (χ2v) is 6.70. The van der Waals surface area contributed by atoms with Gasteiger partial charge in [0.1, 0.15) is 20.8 Å². The van der Waals surface area contributed by atoms with Crippen LogP contribution in [0.1, 0.15) is 20.9 Å². The molecule has 0 bridgehead atoms. The summed E-state index contributed by atoms with van der Waals surface area (Å²) in [6.45, 7) is 1.57. The molecule has 0 unspecified atom stereocenters. The van der Waals surface area contributed by atoms with Crippen LogP contribution in [0.25, 0.3) is 0 Å². The highest BCUT2D eigenvalue weighted by molar-refractivity contribution is 7.93. The SMILES string of the molecule is Cc1cc(NS(=O)(=O)c2cccnc2C#N)sc1C(=O)O. The van der Waals surface area contributed by atoms with Gasteiger partial charge in [0.05, 0.1) is 0 Å². The largest absolute Gasteiger partial charge is 0.477 e. The quantitative estimate of drug-likeness (QED) is 0.885. The number of aromatic nitrogens is 1. The number of carbonyl (C=O) groups is 1. The molecule has 2 N–H and O–H groups in total. The zero-order valence-corrected chi connectivity index (χ0v) is 12.3. The number of carboxylic acids is 1. The molecule has 0 atom stereocenters. The Morgan fingerprint density at radius 1 is 1.52 bits per heavy atom. The molecule has 0 saturated heterocycles. The zero-order valence-electron chi connectivity index (χ0n) is 10.7. The fourth-order valence-corrected chi connectivity index (χ4v) is 3.93. The molecule has 0 amide bonds. The molecule has 0 spiro atoms. The van der Waals surface area contributed by atoms with Crippen LogP contribution in [0.4, 0.5) is 5.00 Å². The van der Waals surface area contributed by atoms with E-state index in [0.717, 1.165) is 11.3 Å². The molecule has 2 heterocycles. The van der Waals surface area contributed by atoms with Crippen LogP contribution in [0.3, 0.4) is 0 Å². The molecule has 21 heavy (non-hydrogen) atoms. The van der Waals surface area contributed by atoms with E-state index in [1.807, 2.05) is 0 Å². The minimum Gasteiger partial charge on any atom is -0.477 e. The lowest BCUT2D eigenvalue weighted by Gasteiger charge is -2.06. The Labute approximate surface area is 124 Å². The van der Waals surface area contributed by atoms with Crippen LogP contribution in [0.2, 0.25) is 0 Å². The van der Waals surface area contributed by atoms with Crippen molar-refractivity contribution in [2.75, 3.05) is 4.72 Å². The fraction of sp³-hybridized carbons (Fsp3) is 0.0833. The Balaban J connectivity index is 2.41. The molecule has 9 heteroatoms. The Bertz CT molecular complexity index is 850. The molecular formula is C12H9N3O4S2. The van der Waals surface area contributed by atoms with Crippen molar-refractivity contribution in [2.45, 2.75) is 11.8 Å². The summed E-state index contributed by atoms with van der Waals surface area (Å²) >= 11 is 0.809. The van der Waals surface area contributed by atoms with E-state index in [-0.39, 0.29) is 20.5 Å². The van der Waals surface area contributed by atoms with Crippen molar-refractivity contribution in [3.8, 4) is 6.07 Å². The molecule has 0 saturated carbocycles. The van der Waals surface area contributed by atoms with E-state index in [2.05, 4.69) is 9.71 Å². The first-order valence-corrected chi connectivity index (χ1v) is 7.87. The normalized spacial score (nSPS) is 10.9. The molecule has 0 aliphatic heterocycles. The van der Waals surface area contributed by atoms with Crippen LogP contribution in [-0.4, -0.2) is 24.5 Å². The van der Waals surface area contributed by atoms with Gasteiger partial charge >= 0.3 is 5.97 Å². The fourth-order valence-electron chi connectivity index (χ4n) is 1.62. The number of aromatic carboxylic acids is 1. The van der Waals surface area contributed by atoms with E-state index in [1.165, 1.54) is 24.4 Å². The van der Waals surface area contributed by atoms with Crippen LogP contribution < -0.4 is 4.72 Å². The zero-order chi connectivity index (χ0) is 15.6. The van der Waals surface area contributed by atoms with Crippen molar-refractivity contribution in [3.63, 3.8) is 0 Å². The van der Waals surface area contributed by atoms with Gasteiger partial charge in [-0.2, -0.15) is 5.26 Å². The summed E-state index contributed by atoms with van der Waals surface area (Å²) in [5.74, 6) is -1.12. The summed E-state index contributed by atoms with van der Waals surface area (Å²) in [5.41, 5.74) is 0.230. The Kier molecular flexibility index (Phi) is 3.93. The van der Waals surface area contributed by atoms with Gasteiger partial charge < -0.3 is 5.11 Å². The van der Waals surface area contributed by atoms with Crippen LogP contribution in [0.5, 0.6) is 0 Å². The first-order valence-electron chi connectivity index (χ1n) is 5.57. The smallest absolute Gasteiger partial charge is 0.346 e. The second kappa shape index (κ2) is 5.51. The van der Waals surface area contributed by atoms with Gasteiger partial charge in [0, 0.05) is 6.20 Å². The summed E-state index contributed by atoms with van der Waals surface area (Å²) in [6, 6.07) is 5.78. The lowest BCUT2D eigenvalue weighted by molar-refractivity contribution is 0.0701. The van der Waals surface area contributed by atoms with E-state index in [4.69, 9.17) is 10.4 Å². The topological polar surface area (TPSA) is 120 Å². The summed E-state index contributed by atoms with van der Waals surface area (Å²) in [5, 5.41) is 18.0. The average Bonchev–Trinajstić information content (AvgIpc) is 2.79. The lowest BCUT2D eigenvalue weighted by Crippen LogP contribution is -2.14. The van der Waals surface area contributed by atoms with Crippen molar-refractivity contribution >= 4 is 32.3 Å². The predicted molar refractivity (Wildman–Crippen MR) is 75.8 cm³/mol. The molecular weight excluding hydrogens is 314 g/mol. The van der Waals surface area contributed by atoms with Crippen molar-refractivity contribution in [1.82, 2.24) is 4.98 Å². The minimum atomic E-state index is -4.00. The number of aryl methyl sites for hydroxylation is 1. The number of carboxylic acid groups (broad SMARTS) is 1. The van der Waals surface area contributed by atoms with Gasteiger partial charge in [-0.15, -0.1) is 11.3 Å². The highest BCUT2D eigenvalue weighted by Gasteiger charge is 2.21.